The van der Waals surface area contributed by atoms with E-state index in [1.54, 1.807) is 30.3 Å². The Labute approximate surface area is 115 Å². The van der Waals surface area contributed by atoms with Crippen LogP contribution in [-0.4, -0.2) is 29.7 Å². The van der Waals surface area contributed by atoms with E-state index < -0.39 is 0 Å². The second kappa shape index (κ2) is 5.63. The summed E-state index contributed by atoms with van der Waals surface area (Å²) >= 11 is 0.935. The SMILES string of the molecule is C#CCOc1ccc(/C=C2/SC(=O)N(C)C2=O)cc1. The number of carbonyl (C=O) groups excluding carboxylic acids is 2. The lowest BCUT2D eigenvalue weighted by Crippen LogP contribution is -2.22. The van der Waals surface area contributed by atoms with E-state index in [4.69, 9.17) is 11.2 Å². The van der Waals surface area contributed by atoms with Gasteiger partial charge in [0, 0.05) is 7.05 Å². The molecule has 1 fully saturated rings. The van der Waals surface area contributed by atoms with Crippen molar-refractivity contribution < 1.29 is 14.3 Å². The number of terminal acetylenes is 1. The molecular formula is C14H11NO3S. The van der Waals surface area contributed by atoms with Gasteiger partial charge in [0.1, 0.15) is 12.4 Å². The molecule has 2 amide bonds. The average Bonchev–Trinajstić information content (AvgIpc) is 2.66. The lowest BCUT2D eigenvalue weighted by molar-refractivity contribution is -0.121. The van der Waals surface area contributed by atoms with Crippen LogP contribution in [-0.2, 0) is 4.79 Å². The van der Waals surface area contributed by atoms with E-state index in [1.807, 2.05) is 0 Å². The maximum atomic E-state index is 11.7. The van der Waals surface area contributed by atoms with Crippen LogP contribution in [0.4, 0.5) is 4.79 Å². The van der Waals surface area contributed by atoms with E-state index in [-0.39, 0.29) is 17.8 Å². The summed E-state index contributed by atoms with van der Waals surface area (Å²) in [5.74, 6) is 2.77. The summed E-state index contributed by atoms with van der Waals surface area (Å²) in [5.41, 5.74) is 0.826. The van der Waals surface area contributed by atoms with Crippen molar-refractivity contribution >= 4 is 29.0 Å². The summed E-state index contributed by atoms with van der Waals surface area (Å²) in [5, 5.41) is -0.259. The summed E-state index contributed by atoms with van der Waals surface area (Å²) in [6, 6.07) is 7.13. The predicted octanol–water partition coefficient (Wildman–Crippen LogP) is 2.36. The van der Waals surface area contributed by atoms with Gasteiger partial charge < -0.3 is 4.74 Å². The molecule has 0 saturated carbocycles. The quantitative estimate of drug-likeness (QED) is 0.626. The molecule has 0 bridgehead atoms. The van der Waals surface area contributed by atoms with Crippen molar-refractivity contribution in [2.75, 3.05) is 13.7 Å². The van der Waals surface area contributed by atoms with Gasteiger partial charge >= 0.3 is 0 Å². The highest BCUT2D eigenvalue weighted by Crippen LogP contribution is 2.31. The van der Waals surface area contributed by atoms with Crippen LogP contribution < -0.4 is 4.74 Å². The largest absolute Gasteiger partial charge is 0.481 e. The lowest BCUT2D eigenvalue weighted by Gasteiger charge is -2.03. The molecule has 0 aromatic heterocycles. The van der Waals surface area contributed by atoms with Crippen LogP contribution in [0, 0.1) is 12.3 Å². The first-order valence-electron chi connectivity index (χ1n) is 5.49. The molecule has 1 aliphatic heterocycles. The predicted molar refractivity (Wildman–Crippen MR) is 74.5 cm³/mol. The Hall–Kier alpha value is -2.19. The molecule has 0 aliphatic carbocycles. The molecule has 19 heavy (non-hydrogen) atoms. The number of ether oxygens (including phenoxy) is 1. The molecule has 5 heteroatoms. The van der Waals surface area contributed by atoms with Gasteiger partial charge in [0.05, 0.1) is 4.91 Å². The molecule has 4 nitrogen and oxygen atoms in total. The summed E-state index contributed by atoms with van der Waals surface area (Å²) in [7, 11) is 1.47. The fraction of sp³-hybridized carbons (Fsp3) is 0.143. The van der Waals surface area contributed by atoms with Crippen molar-refractivity contribution in [1.82, 2.24) is 4.90 Å². The fourth-order valence-corrected chi connectivity index (χ4v) is 2.31. The third-order valence-electron chi connectivity index (χ3n) is 2.49. The van der Waals surface area contributed by atoms with E-state index in [9.17, 15) is 9.59 Å². The molecule has 1 aromatic rings. The second-order valence-electron chi connectivity index (χ2n) is 3.80. The number of nitrogens with zero attached hydrogens (tertiary/aromatic N) is 1. The molecule has 1 aliphatic rings. The average molecular weight is 273 g/mol. The minimum atomic E-state index is -0.275. The minimum Gasteiger partial charge on any atom is -0.481 e. The Balaban J connectivity index is 2.14. The Morgan fingerprint density at radius 2 is 2.05 bits per heavy atom. The van der Waals surface area contributed by atoms with Crippen LogP contribution in [0.15, 0.2) is 29.2 Å². The Morgan fingerprint density at radius 1 is 1.37 bits per heavy atom. The van der Waals surface area contributed by atoms with Gasteiger partial charge in [-0.3, -0.25) is 14.5 Å². The topological polar surface area (TPSA) is 46.6 Å². The molecule has 96 valence electrons. The Bertz CT molecular complexity index is 584. The number of rotatable bonds is 3. The van der Waals surface area contributed by atoms with Gasteiger partial charge in [0.15, 0.2) is 0 Å². The molecule has 1 saturated heterocycles. The number of hydrogen-bond acceptors (Lipinski definition) is 4. The van der Waals surface area contributed by atoms with Crippen LogP contribution in [0.1, 0.15) is 5.56 Å². The summed E-state index contributed by atoms with van der Waals surface area (Å²) < 4.78 is 5.24. The highest BCUT2D eigenvalue weighted by atomic mass is 32.2. The third-order valence-corrected chi connectivity index (χ3v) is 3.45. The Kier molecular flexibility index (Phi) is 3.93. The lowest BCUT2D eigenvalue weighted by atomic mass is 10.2. The van der Waals surface area contributed by atoms with Gasteiger partial charge in [-0.1, -0.05) is 18.1 Å². The van der Waals surface area contributed by atoms with Gasteiger partial charge in [-0.15, -0.1) is 6.42 Å². The maximum absolute atomic E-state index is 11.7. The maximum Gasteiger partial charge on any atom is 0.293 e. The standard InChI is InChI=1S/C14H11NO3S/c1-3-8-18-11-6-4-10(5-7-11)9-12-13(16)15(2)14(17)19-12/h1,4-7,9H,8H2,2H3/b12-9+. The van der Waals surface area contributed by atoms with Gasteiger partial charge in [-0.2, -0.15) is 0 Å². The van der Waals surface area contributed by atoms with Gasteiger partial charge in [0.25, 0.3) is 11.1 Å². The van der Waals surface area contributed by atoms with Crippen molar-refractivity contribution in [3.05, 3.63) is 34.7 Å². The molecule has 0 N–H and O–H groups in total. The van der Waals surface area contributed by atoms with Crippen molar-refractivity contribution in [3.63, 3.8) is 0 Å². The van der Waals surface area contributed by atoms with Gasteiger partial charge in [-0.05, 0) is 35.5 Å². The van der Waals surface area contributed by atoms with E-state index in [2.05, 4.69) is 5.92 Å². The molecule has 0 unspecified atom stereocenters. The first kappa shape index (κ1) is 13.2. The van der Waals surface area contributed by atoms with Crippen molar-refractivity contribution in [1.29, 1.82) is 0 Å². The summed E-state index contributed by atoms with van der Waals surface area (Å²) in [4.78, 5) is 24.6. The third kappa shape index (κ3) is 2.98. The molecule has 1 heterocycles. The Morgan fingerprint density at radius 3 is 2.58 bits per heavy atom. The van der Waals surface area contributed by atoms with E-state index in [0.717, 1.165) is 22.2 Å². The summed E-state index contributed by atoms with van der Waals surface area (Å²) in [6.07, 6.45) is 6.78. The van der Waals surface area contributed by atoms with Crippen LogP contribution >= 0.6 is 11.8 Å². The van der Waals surface area contributed by atoms with Crippen molar-refractivity contribution in [2.24, 2.45) is 0 Å². The first-order valence-corrected chi connectivity index (χ1v) is 6.31. The molecule has 1 aromatic carbocycles. The smallest absolute Gasteiger partial charge is 0.293 e. The molecule has 2 rings (SSSR count). The van der Waals surface area contributed by atoms with Gasteiger partial charge in [-0.25, -0.2) is 0 Å². The number of likely N-dealkylation sites (N-methyl/N-ethyl adjacent to an activating group) is 1. The second-order valence-corrected chi connectivity index (χ2v) is 4.80. The van der Waals surface area contributed by atoms with Crippen molar-refractivity contribution in [2.45, 2.75) is 0 Å². The summed E-state index contributed by atoms with van der Waals surface area (Å²) in [6.45, 7) is 0.216. The zero-order chi connectivity index (χ0) is 13.8. The van der Waals surface area contributed by atoms with Crippen LogP contribution in [0.3, 0.4) is 0 Å². The number of hydrogen-bond donors (Lipinski definition) is 0. The number of imide groups is 1. The van der Waals surface area contributed by atoms with Crippen LogP contribution in [0.25, 0.3) is 6.08 Å². The molecular weight excluding hydrogens is 262 g/mol. The highest BCUT2D eigenvalue weighted by molar-refractivity contribution is 8.18. The van der Waals surface area contributed by atoms with E-state index in [0.29, 0.717) is 10.7 Å². The zero-order valence-corrected chi connectivity index (χ0v) is 11.1. The van der Waals surface area contributed by atoms with Crippen LogP contribution in [0.5, 0.6) is 5.75 Å². The number of carbonyl (C=O) groups is 2. The normalized spacial score (nSPS) is 16.8. The molecule has 0 radical (unpaired) electrons. The highest BCUT2D eigenvalue weighted by Gasteiger charge is 2.31. The minimum absolute atomic E-state index is 0.216. The van der Waals surface area contributed by atoms with Gasteiger partial charge in [0.2, 0.25) is 0 Å². The zero-order valence-electron chi connectivity index (χ0n) is 10.3. The van der Waals surface area contributed by atoms with E-state index >= 15 is 0 Å². The molecule has 0 spiro atoms. The monoisotopic (exact) mass is 273 g/mol. The van der Waals surface area contributed by atoms with Crippen molar-refractivity contribution in [3.8, 4) is 18.1 Å². The number of amides is 2. The van der Waals surface area contributed by atoms with E-state index in [1.165, 1.54) is 7.05 Å². The first-order chi connectivity index (χ1) is 9.11. The van der Waals surface area contributed by atoms with Crippen LogP contribution in [0.2, 0.25) is 0 Å². The number of thioether (sulfide) groups is 1. The fourth-order valence-electron chi connectivity index (χ4n) is 1.48. The molecule has 0 atom stereocenters. The number of benzene rings is 1.